The Labute approximate surface area is 96.3 Å². The predicted molar refractivity (Wildman–Crippen MR) is 56.9 cm³/mol. The van der Waals surface area contributed by atoms with Crippen LogP contribution in [-0.4, -0.2) is 16.0 Å². The summed E-state index contributed by atoms with van der Waals surface area (Å²) >= 11 is 0. The molecule has 0 fully saturated rings. The van der Waals surface area contributed by atoms with Gasteiger partial charge in [-0.1, -0.05) is 11.8 Å². The first-order chi connectivity index (χ1) is 8.04. The maximum Gasteiger partial charge on any atom is 0.315 e. The minimum Gasteiger partial charge on any atom is -0.481 e. The highest BCUT2D eigenvalue weighted by Gasteiger charge is 2.13. The predicted octanol–water partition coefficient (Wildman–Crippen LogP) is 1.29. The van der Waals surface area contributed by atoms with Crippen LogP contribution in [0.1, 0.15) is 17.5 Å². The third kappa shape index (κ3) is 3.33. The van der Waals surface area contributed by atoms with Crippen molar-refractivity contribution in [2.45, 2.75) is 6.42 Å². The zero-order valence-electron chi connectivity index (χ0n) is 8.51. The molecule has 0 unspecified atom stereocenters. The number of nitrogens with zero attached hydrogens (tertiary/aromatic N) is 2. The highest BCUT2D eigenvalue weighted by molar-refractivity contribution is 5.70. The molecule has 1 aromatic carbocycles. The van der Waals surface area contributed by atoms with Crippen LogP contribution in [0.5, 0.6) is 0 Å². The van der Waals surface area contributed by atoms with Gasteiger partial charge in [-0.05, 0) is 12.1 Å². The molecular formula is C11H6N2O4. The summed E-state index contributed by atoms with van der Waals surface area (Å²) in [6.45, 7) is 0. The van der Waals surface area contributed by atoms with E-state index in [4.69, 9.17) is 10.4 Å². The summed E-state index contributed by atoms with van der Waals surface area (Å²) in [7, 11) is 0. The summed E-state index contributed by atoms with van der Waals surface area (Å²) in [5.74, 6) is 3.76. The van der Waals surface area contributed by atoms with Crippen molar-refractivity contribution in [2.24, 2.45) is 0 Å². The zero-order chi connectivity index (χ0) is 12.8. The Hall–Kier alpha value is -2.86. The molecule has 0 atom stereocenters. The Morgan fingerprint density at radius 1 is 1.53 bits per heavy atom. The molecular weight excluding hydrogens is 224 g/mol. The number of carboxylic acids is 1. The Morgan fingerprint density at radius 2 is 2.24 bits per heavy atom. The number of hydrogen-bond acceptors (Lipinski definition) is 4. The molecule has 0 aliphatic rings. The molecule has 0 saturated heterocycles. The van der Waals surface area contributed by atoms with Crippen molar-refractivity contribution in [3.05, 3.63) is 39.4 Å². The number of aliphatic carboxylic acids is 1. The number of carboxylic acid groups (broad SMARTS) is 1. The molecule has 6 heteroatoms. The van der Waals surface area contributed by atoms with E-state index in [2.05, 4.69) is 11.8 Å². The van der Waals surface area contributed by atoms with E-state index in [-0.39, 0.29) is 17.7 Å². The van der Waals surface area contributed by atoms with Gasteiger partial charge >= 0.3 is 5.97 Å². The monoisotopic (exact) mass is 230 g/mol. The van der Waals surface area contributed by atoms with Crippen molar-refractivity contribution < 1.29 is 14.8 Å². The van der Waals surface area contributed by atoms with Gasteiger partial charge in [-0.15, -0.1) is 0 Å². The van der Waals surface area contributed by atoms with Crippen LogP contribution >= 0.6 is 0 Å². The second-order valence-electron chi connectivity index (χ2n) is 2.97. The molecule has 1 aromatic rings. The molecule has 0 radical (unpaired) electrons. The molecule has 0 saturated carbocycles. The molecule has 0 heterocycles. The fourth-order valence-corrected chi connectivity index (χ4v) is 1.08. The van der Waals surface area contributed by atoms with Crippen LogP contribution < -0.4 is 0 Å². The molecule has 6 nitrogen and oxygen atoms in total. The van der Waals surface area contributed by atoms with Crippen LogP contribution in [0.25, 0.3) is 0 Å². The average Bonchev–Trinajstić information content (AvgIpc) is 2.28. The number of carbonyl (C=O) groups is 1. The summed E-state index contributed by atoms with van der Waals surface area (Å²) in [6, 6.07) is 5.55. The standard InChI is InChI=1S/C11H6N2O4/c12-7-9-5-4-8(2-1-3-11(14)15)6-10(9)13(16)17/h4-6H,3H2,(H,14,15). The number of nitro groups is 1. The zero-order valence-corrected chi connectivity index (χ0v) is 8.51. The number of nitriles is 1. The Balaban J connectivity index is 3.08. The number of benzene rings is 1. The number of nitro benzene ring substituents is 1. The largest absolute Gasteiger partial charge is 0.481 e. The van der Waals surface area contributed by atoms with Crippen molar-refractivity contribution in [1.82, 2.24) is 0 Å². The first kappa shape index (κ1) is 12.2. The fourth-order valence-electron chi connectivity index (χ4n) is 1.08. The molecule has 1 rings (SSSR count). The van der Waals surface area contributed by atoms with E-state index in [1.54, 1.807) is 6.07 Å². The highest BCUT2D eigenvalue weighted by Crippen LogP contribution is 2.18. The van der Waals surface area contributed by atoms with Gasteiger partial charge in [0.15, 0.2) is 0 Å². The lowest BCUT2D eigenvalue weighted by Crippen LogP contribution is -1.93. The summed E-state index contributed by atoms with van der Waals surface area (Å²) in [5, 5.41) is 27.6. The van der Waals surface area contributed by atoms with E-state index < -0.39 is 10.9 Å². The Kier molecular flexibility index (Phi) is 3.80. The second-order valence-corrected chi connectivity index (χ2v) is 2.97. The van der Waals surface area contributed by atoms with Crippen molar-refractivity contribution in [3.8, 4) is 17.9 Å². The van der Waals surface area contributed by atoms with Crippen LogP contribution in [0.15, 0.2) is 18.2 Å². The Bertz CT molecular complexity index is 575. The van der Waals surface area contributed by atoms with Gasteiger partial charge in [0.05, 0.1) is 4.92 Å². The lowest BCUT2D eigenvalue weighted by Gasteiger charge is -1.95. The van der Waals surface area contributed by atoms with E-state index >= 15 is 0 Å². The van der Waals surface area contributed by atoms with E-state index in [1.165, 1.54) is 12.1 Å². The molecule has 0 spiro atoms. The lowest BCUT2D eigenvalue weighted by molar-refractivity contribution is -0.385. The van der Waals surface area contributed by atoms with Crippen LogP contribution in [0.3, 0.4) is 0 Å². The van der Waals surface area contributed by atoms with Crippen molar-refractivity contribution in [1.29, 1.82) is 5.26 Å². The first-order valence-corrected chi connectivity index (χ1v) is 4.44. The molecule has 0 amide bonds. The summed E-state index contributed by atoms with van der Waals surface area (Å²) < 4.78 is 0. The highest BCUT2D eigenvalue weighted by atomic mass is 16.6. The van der Waals surface area contributed by atoms with Crippen LogP contribution in [0, 0.1) is 33.3 Å². The summed E-state index contributed by atoms with van der Waals surface area (Å²) in [5.41, 5.74) is -0.0923. The van der Waals surface area contributed by atoms with Gasteiger partial charge in [0, 0.05) is 11.6 Å². The van der Waals surface area contributed by atoms with E-state index in [1.807, 2.05) is 0 Å². The van der Waals surface area contributed by atoms with Gasteiger partial charge < -0.3 is 5.11 Å². The van der Waals surface area contributed by atoms with Gasteiger partial charge in [-0.25, -0.2) is 0 Å². The smallest absolute Gasteiger partial charge is 0.315 e. The van der Waals surface area contributed by atoms with Crippen molar-refractivity contribution >= 4 is 11.7 Å². The summed E-state index contributed by atoms with van der Waals surface area (Å²) in [4.78, 5) is 20.2. The van der Waals surface area contributed by atoms with Gasteiger partial charge in [-0.2, -0.15) is 5.26 Å². The molecule has 0 aliphatic heterocycles. The van der Waals surface area contributed by atoms with Crippen LogP contribution in [-0.2, 0) is 4.79 Å². The number of hydrogen-bond donors (Lipinski definition) is 1. The fraction of sp³-hybridized carbons (Fsp3) is 0.0909. The topological polar surface area (TPSA) is 104 Å². The molecule has 84 valence electrons. The quantitative estimate of drug-likeness (QED) is 0.468. The summed E-state index contributed by atoms with van der Waals surface area (Å²) in [6.07, 6.45) is -0.339. The molecule has 17 heavy (non-hydrogen) atoms. The van der Waals surface area contributed by atoms with E-state index in [0.717, 1.165) is 6.07 Å². The van der Waals surface area contributed by atoms with Gasteiger partial charge in [0.2, 0.25) is 0 Å². The maximum absolute atomic E-state index is 10.6. The first-order valence-electron chi connectivity index (χ1n) is 4.44. The Morgan fingerprint density at radius 3 is 2.76 bits per heavy atom. The minimum absolute atomic E-state index is 0.0567. The van der Waals surface area contributed by atoms with Crippen molar-refractivity contribution in [3.63, 3.8) is 0 Å². The lowest BCUT2D eigenvalue weighted by atomic mass is 10.1. The third-order valence-corrected chi connectivity index (χ3v) is 1.79. The van der Waals surface area contributed by atoms with Crippen LogP contribution in [0.2, 0.25) is 0 Å². The van der Waals surface area contributed by atoms with Crippen molar-refractivity contribution in [2.75, 3.05) is 0 Å². The second kappa shape index (κ2) is 5.29. The van der Waals surface area contributed by atoms with Crippen LogP contribution in [0.4, 0.5) is 5.69 Å². The minimum atomic E-state index is -1.07. The van der Waals surface area contributed by atoms with Gasteiger partial charge in [0.1, 0.15) is 18.1 Å². The maximum atomic E-state index is 10.6. The van der Waals surface area contributed by atoms with E-state index in [9.17, 15) is 14.9 Å². The molecule has 0 aliphatic carbocycles. The molecule has 1 N–H and O–H groups in total. The SMILES string of the molecule is N#Cc1ccc(C#CCC(=O)O)cc1[N+](=O)[O-]. The third-order valence-electron chi connectivity index (χ3n) is 1.79. The van der Waals surface area contributed by atoms with Gasteiger partial charge in [0.25, 0.3) is 5.69 Å². The normalized spacial score (nSPS) is 8.65. The van der Waals surface area contributed by atoms with Gasteiger partial charge in [-0.3, -0.25) is 14.9 Å². The number of rotatable bonds is 2. The van der Waals surface area contributed by atoms with E-state index in [0.29, 0.717) is 5.56 Å². The molecule has 0 aromatic heterocycles. The molecule has 0 bridgehead atoms. The average molecular weight is 230 g/mol.